The minimum absolute atomic E-state index is 0.365. The van der Waals surface area contributed by atoms with Crippen molar-refractivity contribution in [3.05, 3.63) is 0 Å². The predicted molar refractivity (Wildman–Crippen MR) is 62.6 cm³/mol. The van der Waals surface area contributed by atoms with E-state index in [1.807, 2.05) is 0 Å². The van der Waals surface area contributed by atoms with Crippen LogP contribution in [-0.4, -0.2) is 36.6 Å². The van der Waals surface area contributed by atoms with Crippen molar-refractivity contribution in [2.24, 2.45) is 0 Å². The maximum Gasteiger partial charge on any atom is 0.0638 e. The fourth-order valence-electron chi connectivity index (χ4n) is 2.14. The molecule has 0 aromatic rings. The van der Waals surface area contributed by atoms with Crippen molar-refractivity contribution in [2.45, 2.75) is 51.6 Å². The quantitative estimate of drug-likeness (QED) is 0.766. The molecule has 1 fully saturated rings. The number of hydrogen-bond donors (Lipinski definition) is 1. The van der Waals surface area contributed by atoms with Gasteiger partial charge >= 0.3 is 0 Å². The van der Waals surface area contributed by atoms with Gasteiger partial charge in [-0.25, -0.2) is 0 Å². The van der Waals surface area contributed by atoms with Crippen LogP contribution in [0.5, 0.6) is 0 Å². The molecule has 1 aliphatic heterocycles. The third kappa shape index (κ3) is 4.63. The van der Waals surface area contributed by atoms with Crippen LogP contribution in [0.2, 0.25) is 0 Å². The Labute approximate surface area is 93.5 Å². The van der Waals surface area contributed by atoms with Crippen LogP contribution in [0.1, 0.15) is 39.5 Å². The van der Waals surface area contributed by atoms with E-state index in [1.54, 1.807) is 0 Å². The molecule has 2 unspecified atom stereocenters. The highest BCUT2D eigenvalue weighted by Gasteiger charge is 2.20. The molecule has 0 amide bonds. The van der Waals surface area contributed by atoms with E-state index >= 15 is 0 Å². The minimum atomic E-state index is 0.365. The largest absolute Gasteiger partial charge is 0.309 e. The molecular weight excluding hydrogens is 186 g/mol. The molecule has 0 aromatic carbocycles. The van der Waals surface area contributed by atoms with Gasteiger partial charge in [-0.3, -0.25) is 0 Å². The molecule has 0 spiro atoms. The Kier molecular flexibility index (Phi) is 5.67. The molecule has 0 aliphatic carbocycles. The minimum Gasteiger partial charge on any atom is -0.309 e. The van der Waals surface area contributed by atoms with Crippen LogP contribution in [0, 0.1) is 11.3 Å². The summed E-state index contributed by atoms with van der Waals surface area (Å²) in [5, 5.41) is 12.3. The topological polar surface area (TPSA) is 39.1 Å². The number of hydrogen-bond acceptors (Lipinski definition) is 3. The molecule has 0 saturated carbocycles. The number of nitrogens with zero attached hydrogens (tertiary/aromatic N) is 2. The molecule has 1 rings (SSSR count). The van der Waals surface area contributed by atoms with E-state index in [4.69, 9.17) is 5.26 Å². The second-order valence-corrected chi connectivity index (χ2v) is 4.57. The molecule has 0 bridgehead atoms. The van der Waals surface area contributed by atoms with Gasteiger partial charge in [-0.1, -0.05) is 13.3 Å². The first kappa shape index (κ1) is 12.5. The van der Waals surface area contributed by atoms with Gasteiger partial charge in [0.05, 0.1) is 12.5 Å². The van der Waals surface area contributed by atoms with Gasteiger partial charge in [0, 0.05) is 18.6 Å². The number of unbranched alkanes of at least 4 members (excludes halogenated alkanes) is 1. The lowest BCUT2D eigenvalue weighted by atomic mass is 10.2. The van der Waals surface area contributed by atoms with Crippen molar-refractivity contribution >= 4 is 0 Å². The molecule has 3 nitrogen and oxygen atoms in total. The molecular formula is C12H23N3. The molecule has 1 aliphatic rings. The standard InChI is InChI=1S/C12H23N3/c1-3-4-8-15-9-6-11(2)14-12(10-15)5-7-13/h11-12,14H,3-6,8-10H2,1-2H3. The molecule has 0 aromatic heterocycles. The third-order valence-corrected chi connectivity index (χ3v) is 3.04. The van der Waals surface area contributed by atoms with Gasteiger partial charge in [-0.15, -0.1) is 0 Å². The lowest BCUT2D eigenvalue weighted by Crippen LogP contribution is -2.40. The van der Waals surface area contributed by atoms with Crippen LogP contribution in [-0.2, 0) is 0 Å². The summed E-state index contributed by atoms with van der Waals surface area (Å²) in [6.45, 7) is 7.85. The van der Waals surface area contributed by atoms with E-state index in [9.17, 15) is 0 Å². The SMILES string of the molecule is CCCCN1CCC(C)NC(CC#N)C1. The van der Waals surface area contributed by atoms with Crippen molar-refractivity contribution in [3.8, 4) is 6.07 Å². The Balaban J connectivity index is 2.42. The van der Waals surface area contributed by atoms with Gasteiger partial charge in [0.15, 0.2) is 0 Å². The highest BCUT2D eigenvalue weighted by Crippen LogP contribution is 2.08. The lowest BCUT2D eigenvalue weighted by molar-refractivity contribution is 0.264. The van der Waals surface area contributed by atoms with E-state index in [0.29, 0.717) is 18.5 Å². The number of nitrogens with one attached hydrogen (secondary N) is 1. The van der Waals surface area contributed by atoms with Gasteiger partial charge in [-0.05, 0) is 32.9 Å². The zero-order valence-electron chi connectivity index (χ0n) is 10.00. The Morgan fingerprint density at radius 2 is 2.33 bits per heavy atom. The maximum atomic E-state index is 8.75. The summed E-state index contributed by atoms with van der Waals surface area (Å²) in [6.07, 6.45) is 4.36. The molecule has 86 valence electrons. The first-order valence-corrected chi connectivity index (χ1v) is 6.11. The molecule has 1 heterocycles. The Bertz CT molecular complexity index is 209. The van der Waals surface area contributed by atoms with Crippen LogP contribution in [0.25, 0.3) is 0 Å². The molecule has 2 atom stereocenters. The average molecular weight is 209 g/mol. The van der Waals surface area contributed by atoms with Gasteiger partial charge < -0.3 is 10.2 Å². The van der Waals surface area contributed by atoms with E-state index < -0.39 is 0 Å². The summed E-state index contributed by atoms with van der Waals surface area (Å²) in [6, 6.07) is 3.19. The van der Waals surface area contributed by atoms with E-state index in [1.165, 1.54) is 32.4 Å². The Morgan fingerprint density at radius 1 is 1.53 bits per heavy atom. The van der Waals surface area contributed by atoms with E-state index in [2.05, 4.69) is 30.1 Å². The summed E-state index contributed by atoms with van der Waals surface area (Å²) in [5.74, 6) is 0. The van der Waals surface area contributed by atoms with Gasteiger partial charge in [-0.2, -0.15) is 5.26 Å². The van der Waals surface area contributed by atoms with Crippen LogP contribution in [0.3, 0.4) is 0 Å². The summed E-state index contributed by atoms with van der Waals surface area (Å²) in [7, 11) is 0. The van der Waals surface area contributed by atoms with Gasteiger partial charge in [0.25, 0.3) is 0 Å². The summed E-state index contributed by atoms with van der Waals surface area (Å²) in [4.78, 5) is 2.50. The lowest BCUT2D eigenvalue weighted by Gasteiger charge is -2.22. The number of rotatable bonds is 4. The summed E-state index contributed by atoms with van der Waals surface area (Å²) < 4.78 is 0. The fourth-order valence-corrected chi connectivity index (χ4v) is 2.14. The molecule has 3 heteroatoms. The Hall–Kier alpha value is -0.590. The normalized spacial score (nSPS) is 28.3. The smallest absolute Gasteiger partial charge is 0.0638 e. The third-order valence-electron chi connectivity index (χ3n) is 3.04. The first-order chi connectivity index (χ1) is 7.26. The van der Waals surface area contributed by atoms with E-state index in [0.717, 1.165) is 6.54 Å². The molecule has 1 N–H and O–H groups in total. The summed E-state index contributed by atoms with van der Waals surface area (Å²) >= 11 is 0. The van der Waals surface area contributed by atoms with Crippen LogP contribution in [0.4, 0.5) is 0 Å². The molecule has 15 heavy (non-hydrogen) atoms. The highest BCUT2D eigenvalue weighted by molar-refractivity contribution is 4.87. The monoisotopic (exact) mass is 209 g/mol. The van der Waals surface area contributed by atoms with E-state index in [-0.39, 0.29) is 0 Å². The average Bonchev–Trinajstić information content (AvgIpc) is 2.38. The summed E-state index contributed by atoms with van der Waals surface area (Å²) in [5.41, 5.74) is 0. The second kappa shape index (κ2) is 6.81. The van der Waals surface area contributed by atoms with Crippen molar-refractivity contribution in [1.29, 1.82) is 5.26 Å². The highest BCUT2D eigenvalue weighted by atomic mass is 15.2. The molecule has 1 saturated heterocycles. The van der Waals surface area contributed by atoms with Crippen molar-refractivity contribution in [2.75, 3.05) is 19.6 Å². The Morgan fingerprint density at radius 3 is 3.00 bits per heavy atom. The van der Waals surface area contributed by atoms with Crippen LogP contribution >= 0.6 is 0 Å². The molecule has 0 radical (unpaired) electrons. The van der Waals surface area contributed by atoms with Crippen LogP contribution < -0.4 is 5.32 Å². The van der Waals surface area contributed by atoms with Crippen molar-refractivity contribution in [3.63, 3.8) is 0 Å². The zero-order valence-corrected chi connectivity index (χ0v) is 10.00. The zero-order chi connectivity index (χ0) is 11.1. The first-order valence-electron chi connectivity index (χ1n) is 6.11. The van der Waals surface area contributed by atoms with Crippen molar-refractivity contribution < 1.29 is 0 Å². The number of nitriles is 1. The van der Waals surface area contributed by atoms with Crippen LogP contribution in [0.15, 0.2) is 0 Å². The fraction of sp³-hybridized carbons (Fsp3) is 0.917. The van der Waals surface area contributed by atoms with Crippen molar-refractivity contribution in [1.82, 2.24) is 10.2 Å². The second-order valence-electron chi connectivity index (χ2n) is 4.57. The van der Waals surface area contributed by atoms with Gasteiger partial charge in [0.1, 0.15) is 0 Å². The van der Waals surface area contributed by atoms with Gasteiger partial charge in [0.2, 0.25) is 0 Å². The maximum absolute atomic E-state index is 8.75. The predicted octanol–water partition coefficient (Wildman–Crippen LogP) is 1.75.